The molecule has 2 aromatic carbocycles. The first kappa shape index (κ1) is 22.8. The molecule has 0 aromatic heterocycles. The molecule has 1 aliphatic heterocycles. The average Bonchev–Trinajstić information content (AvgIpc) is 3.40. The number of amides is 2. The summed E-state index contributed by atoms with van der Waals surface area (Å²) in [5, 5.41) is 12.1. The number of carboxylic acid groups (broad SMARTS) is 1. The molecule has 0 saturated carbocycles. The Bertz CT molecular complexity index is 1010. The third-order valence-electron chi connectivity index (χ3n) is 6.91. The number of carboxylic acids is 1. The molecule has 1 saturated heterocycles. The molecule has 7 nitrogen and oxygen atoms in total. The number of ether oxygens (including phenoxy) is 1. The highest BCUT2D eigenvalue weighted by molar-refractivity contribution is 5.87. The largest absolute Gasteiger partial charge is 0.481 e. The van der Waals surface area contributed by atoms with E-state index in [1.54, 1.807) is 4.90 Å². The summed E-state index contributed by atoms with van der Waals surface area (Å²) in [6.45, 7) is 4.26. The van der Waals surface area contributed by atoms with Crippen molar-refractivity contribution < 1.29 is 24.2 Å². The molecule has 1 aliphatic carbocycles. The lowest BCUT2D eigenvalue weighted by molar-refractivity contribution is -0.143. The van der Waals surface area contributed by atoms with Crippen molar-refractivity contribution in [1.82, 2.24) is 10.2 Å². The highest BCUT2D eigenvalue weighted by atomic mass is 16.5. The summed E-state index contributed by atoms with van der Waals surface area (Å²) >= 11 is 0. The van der Waals surface area contributed by atoms with Gasteiger partial charge in [0.2, 0.25) is 5.91 Å². The first-order valence-electron chi connectivity index (χ1n) is 11.6. The average molecular weight is 451 g/mol. The van der Waals surface area contributed by atoms with Crippen molar-refractivity contribution in [3.63, 3.8) is 0 Å². The quantitative estimate of drug-likeness (QED) is 0.664. The van der Waals surface area contributed by atoms with Gasteiger partial charge in [0.25, 0.3) is 0 Å². The minimum absolute atomic E-state index is 0.0571. The van der Waals surface area contributed by atoms with E-state index in [-0.39, 0.29) is 24.5 Å². The maximum atomic E-state index is 13.1. The Morgan fingerprint density at radius 2 is 1.67 bits per heavy atom. The molecule has 33 heavy (non-hydrogen) atoms. The number of nitrogens with one attached hydrogen (secondary N) is 1. The topological polar surface area (TPSA) is 95.9 Å². The molecule has 3 unspecified atom stereocenters. The highest BCUT2D eigenvalue weighted by Crippen LogP contribution is 2.44. The van der Waals surface area contributed by atoms with Gasteiger partial charge in [-0.15, -0.1) is 0 Å². The molecule has 0 radical (unpaired) electrons. The number of rotatable bonds is 7. The van der Waals surface area contributed by atoms with Crippen molar-refractivity contribution >= 4 is 18.0 Å². The monoisotopic (exact) mass is 450 g/mol. The second-order valence-electron chi connectivity index (χ2n) is 8.67. The van der Waals surface area contributed by atoms with Crippen LogP contribution in [0.2, 0.25) is 0 Å². The molecule has 7 heteroatoms. The van der Waals surface area contributed by atoms with E-state index in [9.17, 15) is 19.5 Å². The Kier molecular flexibility index (Phi) is 6.67. The van der Waals surface area contributed by atoms with Gasteiger partial charge < -0.3 is 20.1 Å². The number of alkyl carbamates (subject to hydrolysis) is 1. The van der Waals surface area contributed by atoms with Gasteiger partial charge in [0, 0.05) is 18.5 Å². The fourth-order valence-corrected chi connectivity index (χ4v) is 5.24. The molecule has 0 spiro atoms. The van der Waals surface area contributed by atoms with Crippen molar-refractivity contribution in [3.8, 4) is 11.1 Å². The third kappa shape index (κ3) is 4.32. The Morgan fingerprint density at radius 1 is 1.06 bits per heavy atom. The molecule has 2 amide bonds. The second kappa shape index (κ2) is 9.65. The highest BCUT2D eigenvalue weighted by Gasteiger charge is 2.41. The van der Waals surface area contributed by atoms with E-state index in [0.29, 0.717) is 25.8 Å². The van der Waals surface area contributed by atoms with Gasteiger partial charge in [-0.3, -0.25) is 9.59 Å². The van der Waals surface area contributed by atoms with E-state index < -0.39 is 24.0 Å². The molecule has 0 bridgehead atoms. The maximum absolute atomic E-state index is 13.1. The normalized spacial score (nSPS) is 20.1. The van der Waals surface area contributed by atoms with E-state index in [2.05, 4.69) is 29.6 Å². The number of hydrogen-bond acceptors (Lipinski definition) is 4. The number of fused-ring (bicyclic) bond motifs is 3. The van der Waals surface area contributed by atoms with Gasteiger partial charge in [0.05, 0.1) is 5.92 Å². The first-order valence-corrected chi connectivity index (χ1v) is 11.6. The van der Waals surface area contributed by atoms with Gasteiger partial charge in [-0.2, -0.15) is 0 Å². The molecule has 2 aromatic rings. The van der Waals surface area contributed by atoms with Gasteiger partial charge in [-0.25, -0.2) is 4.79 Å². The molecule has 2 N–H and O–H groups in total. The lowest BCUT2D eigenvalue weighted by atomic mass is 9.98. The molecule has 1 fully saturated rings. The summed E-state index contributed by atoms with van der Waals surface area (Å²) in [7, 11) is 0. The van der Waals surface area contributed by atoms with Crippen LogP contribution < -0.4 is 5.32 Å². The zero-order valence-corrected chi connectivity index (χ0v) is 19.0. The summed E-state index contributed by atoms with van der Waals surface area (Å²) in [5.74, 6) is -1.75. The predicted molar refractivity (Wildman–Crippen MR) is 124 cm³/mol. The van der Waals surface area contributed by atoms with Crippen molar-refractivity contribution in [3.05, 3.63) is 59.7 Å². The van der Waals surface area contributed by atoms with E-state index >= 15 is 0 Å². The van der Waals surface area contributed by atoms with Gasteiger partial charge in [-0.1, -0.05) is 62.4 Å². The van der Waals surface area contributed by atoms with E-state index in [0.717, 1.165) is 22.3 Å². The Labute approximate surface area is 193 Å². The van der Waals surface area contributed by atoms with Crippen molar-refractivity contribution in [1.29, 1.82) is 0 Å². The second-order valence-corrected chi connectivity index (χ2v) is 8.67. The molecule has 4 rings (SSSR count). The van der Waals surface area contributed by atoms with Crippen LogP contribution in [0.25, 0.3) is 11.1 Å². The van der Waals surface area contributed by atoms with Crippen molar-refractivity contribution in [2.45, 2.75) is 51.1 Å². The molecule has 2 aliphatic rings. The summed E-state index contributed by atoms with van der Waals surface area (Å²) in [4.78, 5) is 38.9. The Morgan fingerprint density at radius 3 is 2.21 bits per heavy atom. The lowest BCUT2D eigenvalue weighted by Gasteiger charge is -2.29. The first-order chi connectivity index (χ1) is 16.0. The van der Waals surface area contributed by atoms with E-state index in [1.165, 1.54) is 0 Å². The minimum Gasteiger partial charge on any atom is -0.481 e. The smallest absolute Gasteiger partial charge is 0.407 e. The maximum Gasteiger partial charge on any atom is 0.407 e. The fourth-order valence-electron chi connectivity index (χ4n) is 5.24. The minimum atomic E-state index is -0.880. The molecular formula is C26H30N2O5. The number of benzene rings is 2. The zero-order valence-electron chi connectivity index (χ0n) is 19.0. The molecule has 174 valence electrons. The Hall–Kier alpha value is -3.35. The SMILES string of the molecule is CCC(NC(=O)OCC1c2ccccc2-c2ccccc21)C(=O)N1CCC(C(=O)O)C1CC. The number of carbonyl (C=O) groups is 3. The van der Waals surface area contributed by atoms with Gasteiger partial charge in [-0.05, 0) is 41.5 Å². The van der Waals surface area contributed by atoms with Crippen LogP contribution in [0.5, 0.6) is 0 Å². The lowest BCUT2D eigenvalue weighted by Crippen LogP contribution is -2.51. The summed E-state index contributed by atoms with van der Waals surface area (Å²) in [5.41, 5.74) is 4.54. The van der Waals surface area contributed by atoms with E-state index in [4.69, 9.17) is 4.74 Å². The summed E-state index contributed by atoms with van der Waals surface area (Å²) in [6.07, 6.45) is 0.748. The number of hydrogen-bond donors (Lipinski definition) is 2. The van der Waals surface area contributed by atoms with Crippen molar-refractivity contribution in [2.75, 3.05) is 13.2 Å². The predicted octanol–water partition coefficient (Wildman–Crippen LogP) is 4.02. The van der Waals surface area contributed by atoms with Crippen LogP contribution in [0.1, 0.15) is 50.2 Å². The van der Waals surface area contributed by atoms with Crippen LogP contribution >= 0.6 is 0 Å². The third-order valence-corrected chi connectivity index (χ3v) is 6.91. The van der Waals surface area contributed by atoms with Gasteiger partial charge >= 0.3 is 12.1 Å². The van der Waals surface area contributed by atoms with Crippen LogP contribution in [0.3, 0.4) is 0 Å². The van der Waals surface area contributed by atoms with E-state index in [1.807, 2.05) is 38.1 Å². The number of aliphatic carboxylic acids is 1. The van der Waals surface area contributed by atoms with Crippen molar-refractivity contribution in [2.24, 2.45) is 5.92 Å². The number of nitrogens with zero attached hydrogens (tertiary/aromatic N) is 1. The number of carbonyl (C=O) groups excluding carboxylic acids is 2. The van der Waals surface area contributed by atoms with Crippen LogP contribution in [0, 0.1) is 5.92 Å². The standard InChI is InChI=1S/C26H30N2O5/c1-3-22(24(29)28-14-13-20(25(30)31)23(28)4-2)27-26(32)33-15-21-18-11-7-5-9-16(18)17-10-6-8-12-19(17)21/h5-12,20-23H,3-4,13-15H2,1-2H3,(H,27,32)(H,30,31). The summed E-state index contributed by atoms with van der Waals surface area (Å²) < 4.78 is 5.58. The van der Waals surface area contributed by atoms with Crippen LogP contribution in [0.15, 0.2) is 48.5 Å². The van der Waals surface area contributed by atoms with Gasteiger partial charge in [0.15, 0.2) is 0 Å². The molecule has 1 heterocycles. The molecule has 3 atom stereocenters. The molecular weight excluding hydrogens is 420 g/mol. The Balaban J connectivity index is 1.40. The summed E-state index contributed by atoms with van der Waals surface area (Å²) in [6, 6.07) is 15.1. The fraction of sp³-hybridized carbons (Fsp3) is 0.423. The van der Waals surface area contributed by atoms with Crippen LogP contribution in [-0.4, -0.2) is 53.2 Å². The number of likely N-dealkylation sites (tertiary alicyclic amines) is 1. The van der Waals surface area contributed by atoms with Crippen LogP contribution in [0.4, 0.5) is 4.79 Å². The zero-order chi connectivity index (χ0) is 23.5. The van der Waals surface area contributed by atoms with Gasteiger partial charge in [0.1, 0.15) is 12.6 Å². The van der Waals surface area contributed by atoms with Crippen LogP contribution in [-0.2, 0) is 14.3 Å².